The summed E-state index contributed by atoms with van der Waals surface area (Å²) in [6, 6.07) is 5.57. The van der Waals surface area contributed by atoms with Crippen LogP contribution in [0.4, 0.5) is 0 Å². The fourth-order valence-corrected chi connectivity index (χ4v) is 4.69. The number of aromatic nitrogens is 1. The summed E-state index contributed by atoms with van der Waals surface area (Å²) in [4.78, 5) is 19.3. The van der Waals surface area contributed by atoms with Crippen LogP contribution in [0.15, 0.2) is 22.6 Å². The standard InChI is InChI=1S/C24H35N3O4S/c1-18-20(26-24(31-18)19-9-10-21(29-2)22(15-19)30-3)16-32-17-23(28)25-11-8-14-27-12-6-4-5-7-13-27/h9-10,15H,4-8,11-14,16-17H2,1-3H3,(H,25,28). The molecule has 1 aliphatic heterocycles. The molecule has 0 unspecified atom stereocenters. The van der Waals surface area contributed by atoms with Crippen molar-refractivity contribution in [3.05, 3.63) is 29.7 Å². The Hall–Kier alpha value is -2.19. The van der Waals surface area contributed by atoms with Crippen molar-refractivity contribution in [1.29, 1.82) is 0 Å². The molecule has 32 heavy (non-hydrogen) atoms. The van der Waals surface area contributed by atoms with E-state index in [1.165, 1.54) is 38.8 Å². The average Bonchev–Trinajstić information content (AvgIpc) is 3.00. The number of ether oxygens (including phenoxy) is 2. The van der Waals surface area contributed by atoms with Crippen molar-refractivity contribution in [2.45, 2.75) is 44.8 Å². The lowest BCUT2D eigenvalue weighted by molar-refractivity contribution is -0.118. The molecule has 1 fully saturated rings. The number of nitrogens with zero attached hydrogens (tertiary/aromatic N) is 2. The van der Waals surface area contributed by atoms with Gasteiger partial charge < -0.3 is 24.1 Å². The minimum absolute atomic E-state index is 0.0760. The van der Waals surface area contributed by atoms with Gasteiger partial charge >= 0.3 is 0 Å². The molecule has 3 rings (SSSR count). The van der Waals surface area contributed by atoms with Crippen molar-refractivity contribution in [1.82, 2.24) is 15.2 Å². The first kappa shape index (κ1) is 24.5. The molecule has 0 atom stereocenters. The highest BCUT2D eigenvalue weighted by molar-refractivity contribution is 7.99. The molecule has 0 saturated carbocycles. The van der Waals surface area contributed by atoms with E-state index >= 15 is 0 Å². The van der Waals surface area contributed by atoms with Crippen molar-refractivity contribution < 1.29 is 18.7 Å². The lowest BCUT2D eigenvalue weighted by atomic mass is 10.2. The zero-order valence-electron chi connectivity index (χ0n) is 19.4. The van der Waals surface area contributed by atoms with E-state index in [-0.39, 0.29) is 5.91 Å². The van der Waals surface area contributed by atoms with Gasteiger partial charge in [-0.2, -0.15) is 0 Å². The molecule has 7 nitrogen and oxygen atoms in total. The molecular formula is C24H35N3O4S. The Morgan fingerprint density at radius 3 is 2.62 bits per heavy atom. The summed E-state index contributed by atoms with van der Waals surface area (Å²) >= 11 is 1.55. The molecular weight excluding hydrogens is 426 g/mol. The molecule has 176 valence electrons. The maximum absolute atomic E-state index is 12.2. The van der Waals surface area contributed by atoms with Crippen LogP contribution in [-0.2, 0) is 10.5 Å². The van der Waals surface area contributed by atoms with Crippen LogP contribution in [0.25, 0.3) is 11.5 Å². The third-order valence-electron chi connectivity index (χ3n) is 5.67. The quantitative estimate of drug-likeness (QED) is 0.501. The maximum Gasteiger partial charge on any atom is 0.230 e. The number of thioether (sulfide) groups is 1. The van der Waals surface area contributed by atoms with Crippen molar-refractivity contribution >= 4 is 17.7 Å². The van der Waals surface area contributed by atoms with Gasteiger partial charge in [-0.3, -0.25) is 4.79 Å². The second kappa shape index (κ2) is 12.7. The monoisotopic (exact) mass is 461 g/mol. The van der Waals surface area contributed by atoms with E-state index in [1.54, 1.807) is 26.0 Å². The molecule has 2 heterocycles. The molecule has 0 bridgehead atoms. The first-order chi connectivity index (χ1) is 15.6. The number of oxazole rings is 1. The molecule has 1 saturated heterocycles. The van der Waals surface area contributed by atoms with Gasteiger partial charge in [0.1, 0.15) is 5.76 Å². The number of nitrogens with one attached hydrogen (secondary N) is 1. The largest absolute Gasteiger partial charge is 0.493 e. The van der Waals surface area contributed by atoms with E-state index in [1.807, 2.05) is 25.1 Å². The second-order valence-electron chi connectivity index (χ2n) is 8.04. The van der Waals surface area contributed by atoms with Crippen molar-refractivity contribution in [2.75, 3.05) is 46.2 Å². The maximum atomic E-state index is 12.2. The van der Waals surface area contributed by atoms with E-state index in [4.69, 9.17) is 13.9 Å². The smallest absolute Gasteiger partial charge is 0.230 e. The highest BCUT2D eigenvalue weighted by atomic mass is 32.2. The molecule has 1 amide bonds. The van der Waals surface area contributed by atoms with Crippen LogP contribution in [0.3, 0.4) is 0 Å². The Kier molecular flexibility index (Phi) is 9.74. The van der Waals surface area contributed by atoms with Gasteiger partial charge in [-0.15, -0.1) is 11.8 Å². The predicted molar refractivity (Wildman–Crippen MR) is 128 cm³/mol. The van der Waals surface area contributed by atoms with E-state index in [0.717, 1.165) is 36.5 Å². The van der Waals surface area contributed by atoms with Crippen molar-refractivity contribution in [2.24, 2.45) is 0 Å². The Labute approximate surface area is 195 Å². The number of likely N-dealkylation sites (tertiary alicyclic amines) is 1. The van der Waals surface area contributed by atoms with E-state index in [0.29, 0.717) is 28.9 Å². The molecule has 1 N–H and O–H groups in total. The Bertz CT molecular complexity index is 863. The molecule has 0 aliphatic carbocycles. The number of benzene rings is 1. The van der Waals surface area contributed by atoms with Gasteiger partial charge in [-0.05, 0) is 64.0 Å². The average molecular weight is 462 g/mol. The third-order valence-corrected chi connectivity index (χ3v) is 6.61. The van der Waals surface area contributed by atoms with Crippen LogP contribution >= 0.6 is 11.8 Å². The zero-order valence-corrected chi connectivity index (χ0v) is 20.3. The number of rotatable bonds is 11. The topological polar surface area (TPSA) is 76.8 Å². The summed E-state index contributed by atoms with van der Waals surface area (Å²) in [7, 11) is 3.21. The third kappa shape index (κ3) is 7.17. The Morgan fingerprint density at radius 2 is 1.91 bits per heavy atom. The summed E-state index contributed by atoms with van der Waals surface area (Å²) in [5.41, 5.74) is 1.68. The minimum atomic E-state index is 0.0760. The Morgan fingerprint density at radius 1 is 1.16 bits per heavy atom. The number of carbonyl (C=O) groups is 1. The predicted octanol–water partition coefficient (Wildman–Crippen LogP) is 4.28. The van der Waals surface area contributed by atoms with E-state index in [2.05, 4.69) is 15.2 Å². The number of aryl methyl sites for hydroxylation is 1. The number of hydrogen-bond donors (Lipinski definition) is 1. The number of carbonyl (C=O) groups excluding carboxylic acids is 1. The van der Waals surface area contributed by atoms with Gasteiger partial charge in [-0.25, -0.2) is 4.98 Å². The fourth-order valence-electron chi connectivity index (χ4n) is 3.84. The van der Waals surface area contributed by atoms with E-state index in [9.17, 15) is 4.79 Å². The minimum Gasteiger partial charge on any atom is -0.493 e. The van der Waals surface area contributed by atoms with Gasteiger partial charge in [0.05, 0.1) is 25.7 Å². The van der Waals surface area contributed by atoms with Gasteiger partial charge in [0.15, 0.2) is 11.5 Å². The molecule has 0 spiro atoms. The first-order valence-corrected chi connectivity index (χ1v) is 12.5. The highest BCUT2D eigenvalue weighted by Crippen LogP contribution is 2.33. The number of hydrogen-bond acceptors (Lipinski definition) is 7. The number of amides is 1. The van der Waals surface area contributed by atoms with Crippen LogP contribution in [-0.4, -0.2) is 61.9 Å². The lowest BCUT2D eigenvalue weighted by Crippen LogP contribution is -2.31. The van der Waals surface area contributed by atoms with Crippen LogP contribution in [0.1, 0.15) is 43.6 Å². The number of methoxy groups -OCH3 is 2. The van der Waals surface area contributed by atoms with Gasteiger partial charge in [0.25, 0.3) is 0 Å². The van der Waals surface area contributed by atoms with Gasteiger partial charge in [-0.1, -0.05) is 12.8 Å². The zero-order chi connectivity index (χ0) is 22.8. The van der Waals surface area contributed by atoms with Crippen molar-refractivity contribution in [3.8, 4) is 23.0 Å². The molecule has 1 aliphatic rings. The van der Waals surface area contributed by atoms with Crippen LogP contribution in [0, 0.1) is 6.92 Å². The highest BCUT2D eigenvalue weighted by Gasteiger charge is 2.15. The lowest BCUT2D eigenvalue weighted by Gasteiger charge is -2.19. The van der Waals surface area contributed by atoms with Crippen molar-refractivity contribution in [3.63, 3.8) is 0 Å². The van der Waals surface area contributed by atoms with Gasteiger partial charge in [0.2, 0.25) is 11.8 Å². The molecule has 8 heteroatoms. The second-order valence-corrected chi connectivity index (χ2v) is 9.03. The van der Waals surface area contributed by atoms with Crippen LogP contribution in [0.5, 0.6) is 11.5 Å². The van der Waals surface area contributed by atoms with Gasteiger partial charge in [0, 0.05) is 17.9 Å². The Balaban J connectivity index is 1.40. The van der Waals surface area contributed by atoms with E-state index < -0.39 is 0 Å². The van der Waals surface area contributed by atoms with Crippen LogP contribution < -0.4 is 14.8 Å². The fraction of sp³-hybridized carbons (Fsp3) is 0.583. The first-order valence-electron chi connectivity index (χ1n) is 11.4. The summed E-state index contributed by atoms with van der Waals surface area (Å²) in [6.07, 6.45) is 6.32. The molecule has 1 aromatic heterocycles. The van der Waals surface area contributed by atoms with Crippen LogP contribution in [0.2, 0.25) is 0 Å². The summed E-state index contributed by atoms with van der Waals surface area (Å²) in [6.45, 7) is 6.11. The molecule has 2 aromatic rings. The summed E-state index contributed by atoms with van der Waals surface area (Å²) in [5.74, 6) is 3.72. The SMILES string of the molecule is COc1ccc(-c2nc(CSCC(=O)NCCCN3CCCCCC3)c(C)o2)cc1OC. The molecule has 0 radical (unpaired) electrons. The normalized spacial score (nSPS) is 14.7. The molecule has 1 aromatic carbocycles. The summed E-state index contributed by atoms with van der Waals surface area (Å²) in [5, 5.41) is 3.04. The summed E-state index contributed by atoms with van der Waals surface area (Å²) < 4.78 is 16.5.